The molecule has 1 heterocycles. The van der Waals surface area contributed by atoms with Crippen LogP contribution in [-0.2, 0) is 10.8 Å². The Hall–Kier alpha value is -1.40. The highest BCUT2D eigenvalue weighted by Gasteiger charge is 2.12. The third kappa shape index (κ3) is 3.75. The molecule has 1 aromatic heterocycles. The molecule has 0 aliphatic rings. The minimum atomic E-state index is -0.980. The standard InChI is InChI=1S/C16H12Cl2N2OS2/c1-23(21)11-7-5-10(6-8-11)19-16-20-14(9-22-16)15-12(17)3-2-4-13(15)18/h2-9H,1H3,(H,19,20). The monoisotopic (exact) mass is 382 g/mol. The van der Waals surface area contributed by atoms with Gasteiger partial charge >= 0.3 is 0 Å². The van der Waals surface area contributed by atoms with Crippen molar-refractivity contribution in [2.75, 3.05) is 11.6 Å². The lowest BCUT2D eigenvalue weighted by Gasteiger charge is -2.04. The van der Waals surface area contributed by atoms with Gasteiger partial charge in [0.1, 0.15) is 0 Å². The second kappa shape index (κ2) is 7.01. The molecule has 0 aliphatic carbocycles. The Kier molecular flexibility index (Phi) is 5.02. The summed E-state index contributed by atoms with van der Waals surface area (Å²) in [7, 11) is -0.980. The number of nitrogens with one attached hydrogen (secondary N) is 1. The highest BCUT2D eigenvalue weighted by molar-refractivity contribution is 7.84. The molecular formula is C16H12Cl2N2OS2. The van der Waals surface area contributed by atoms with Crippen LogP contribution in [0.3, 0.4) is 0 Å². The average Bonchev–Trinajstić information content (AvgIpc) is 2.96. The van der Waals surface area contributed by atoms with Crippen molar-refractivity contribution in [3.8, 4) is 11.3 Å². The lowest BCUT2D eigenvalue weighted by Crippen LogP contribution is -1.92. The molecule has 2 aromatic carbocycles. The number of thiazole rings is 1. The number of nitrogens with zero attached hydrogens (tertiary/aromatic N) is 1. The lowest BCUT2D eigenvalue weighted by molar-refractivity contribution is 0.687. The fourth-order valence-corrected chi connectivity index (χ4v) is 3.87. The van der Waals surface area contributed by atoms with Crippen LogP contribution in [0.1, 0.15) is 0 Å². The molecule has 0 amide bonds. The van der Waals surface area contributed by atoms with Crippen molar-refractivity contribution in [1.82, 2.24) is 4.98 Å². The van der Waals surface area contributed by atoms with E-state index in [9.17, 15) is 4.21 Å². The molecule has 0 bridgehead atoms. The van der Waals surface area contributed by atoms with Crippen LogP contribution >= 0.6 is 34.5 Å². The van der Waals surface area contributed by atoms with Gasteiger partial charge in [-0.2, -0.15) is 0 Å². The summed E-state index contributed by atoms with van der Waals surface area (Å²) in [4.78, 5) is 5.32. The van der Waals surface area contributed by atoms with E-state index in [1.165, 1.54) is 11.3 Å². The van der Waals surface area contributed by atoms with E-state index in [1.807, 2.05) is 29.6 Å². The van der Waals surface area contributed by atoms with Crippen molar-refractivity contribution in [3.05, 3.63) is 57.9 Å². The van der Waals surface area contributed by atoms with Crippen LogP contribution in [-0.4, -0.2) is 15.4 Å². The molecule has 3 aromatic rings. The van der Waals surface area contributed by atoms with E-state index in [0.29, 0.717) is 10.0 Å². The van der Waals surface area contributed by atoms with Gasteiger partial charge in [-0.25, -0.2) is 4.98 Å². The molecule has 1 unspecified atom stereocenters. The molecule has 7 heteroatoms. The van der Waals surface area contributed by atoms with Gasteiger partial charge < -0.3 is 5.32 Å². The molecule has 3 nitrogen and oxygen atoms in total. The van der Waals surface area contributed by atoms with Crippen molar-refractivity contribution >= 4 is 56.2 Å². The number of hydrogen-bond donors (Lipinski definition) is 1. The summed E-state index contributed by atoms with van der Waals surface area (Å²) in [5.41, 5.74) is 2.35. The van der Waals surface area contributed by atoms with Crippen LogP contribution in [0.25, 0.3) is 11.3 Å². The van der Waals surface area contributed by atoms with Crippen molar-refractivity contribution < 1.29 is 4.21 Å². The van der Waals surface area contributed by atoms with Gasteiger partial charge in [-0.1, -0.05) is 29.3 Å². The Balaban J connectivity index is 1.84. The smallest absolute Gasteiger partial charge is 0.187 e. The van der Waals surface area contributed by atoms with E-state index in [2.05, 4.69) is 10.3 Å². The molecule has 1 N–H and O–H groups in total. The average molecular weight is 383 g/mol. The Bertz CT molecular complexity index is 843. The first-order chi connectivity index (χ1) is 11.0. The molecule has 0 saturated carbocycles. The molecule has 0 spiro atoms. The van der Waals surface area contributed by atoms with Gasteiger partial charge in [-0.05, 0) is 36.4 Å². The number of hydrogen-bond acceptors (Lipinski definition) is 4. The van der Waals surface area contributed by atoms with E-state index < -0.39 is 10.8 Å². The van der Waals surface area contributed by atoms with E-state index in [4.69, 9.17) is 23.2 Å². The van der Waals surface area contributed by atoms with Gasteiger partial charge in [0, 0.05) is 38.6 Å². The quantitative estimate of drug-likeness (QED) is 0.638. The van der Waals surface area contributed by atoms with Crippen molar-refractivity contribution in [3.63, 3.8) is 0 Å². The first kappa shape index (κ1) is 16.5. The molecule has 1 atom stereocenters. The van der Waals surface area contributed by atoms with Crippen LogP contribution < -0.4 is 5.32 Å². The Labute approximate surface area is 150 Å². The van der Waals surface area contributed by atoms with Gasteiger partial charge in [0.15, 0.2) is 5.13 Å². The van der Waals surface area contributed by atoms with Crippen LogP contribution in [0, 0.1) is 0 Å². The number of rotatable bonds is 4. The third-order valence-electron chi connectivity index (χ3n) is 3.16. The van der Waals surface area contributed by atoms with E-state index in [1.54, 1.807) is 24.5 Å². The van der Waals surface area contributed by atoms with Crippen molar-refractivity contribution in [2.45, 2.75) is 4.90 Å². The third-order valence-corrected chi connectivity index (χ3v) is 5.48. The summed E-state index contributed by atoms with van der Waals surface area (Å²) in [5, 5.41) is 7.01. The largest absolute Gasteiger partial charge is 0.332 e. The predicted octanol–water partition coefficient (Wildman–Crippen LogP) is 5.60. The minimum absolute atomic E-state index is 0.573. The number of anilines is 2. The van der Waals surface area contributed by atoms with Crippen LogP contribution in [0.2, 0.25) is 10.0 Å². The second-order valence-electron chi connectivity index (χ2n) is 4.74. The summed E-state index contributed by atoms with van der Waals surface area (Å²) in [5.74, 6) is 0. The van der Waals surface area contributed by atoms with Gasteiger partial charge in [-0.15, -0.1) is 11.3 Å². The molecule has 0 saturated heterocycles. The first-order valence-corrected chi connectivity index (χ1v) is 9.84. The second-order valence-corrected chi connectivity index (χ2v) is 7.79. The first-order valence-electron chi connectivity index (χ1n) is 6.65. The van der Waals surface area contributed by atoms with Gasteiger partial charge in [0.25, 0.3) is 0 Å². The molecule has 0 fully saturated rings. The van der Waals surface area contributed by atoms with Gasteiger partial charge in [0.2, 0.25) is 0 Å². The summed E-state index contributed by atoms with van der Waals surface area (Å²) in [6.45, 7) is 0. The SMILES string of the molecule is CS(=O)c1ccc(Nc2nc(-c3c(Cl)cccc3Cl)cs2)cc1. The Morgan fingerprint density at radius 3 is 2.35 bits per heavy atom. The molecule has 0 radical (unpaired) electrons. The van der Waals surface area contributed by atoms with E-state index in [0.717, 1.165) is 27.0 Å². The van der Waals surface area contributed by atoms with Crippen LogP contribution in [0.5, 0.6) is 0 Å². The maximum atomic E-state index is 11.4. The summed E-state index contributed by atoms with van der Waals surface area (Å²) in [6.07, 6.45) is 1.66. The summed E-state index contributed by atoms with van der Waals surface area (Å²) in [6, 6.07) is 12.8. The maximum absolute atomic E-state index is 11.4. The molecule has 118 valence electrons. The lowest BCUT2D eigenvalue weighted by atomic mass is 10.2. The topological polar surface area (TPSA) is 42.0 Å². The fraction of sp³-hybridized carbons (Fsp3) is 0.0625. The van der Waals surface area contributed by atoms with Gasteiger partial charge in [0.05, 0.1) is 15.7 Å². The number of benzene rings is 2. The number of halogens is 2. The highest BCUT2D eigenvalue weighted by atomic mass is 35.5. The fourth-order valence-electron chi connectivity index (χ4n) is 2.04. The Morgan fingerprint density at radius 1 is 1.09 bits per heavy atom. The zero-order valence-electron chi connectivity index (χ0n) is 12.0. The van der Waals surface area contributed by atoms with E-state index in [-0.39, 0.29) is 0 Å². The zero-order chi connectivity index (χ0) is 16.4. The highest BCUT2D eigenvalue weighted by Crippen LogP contribution is 2.36. The maximum Gasteiger partial charge on any atom is 0.187 e. The van der Waals surface area contributed by atoms with Gasteiger partial charge in [-0.3, -0.25) is 4.21 Å². The number of aromatic nitrogens is 1. The van der Waals surface area contributed by atoms with Crippen LogP contribution in [0.15, 0.2) is 52.7 Å². The van der Waals surface area contributed by atoms with Crippen LogP contribution in [0.4, 0.5) is 10.8 Å². The summed E-state index contributed by atoms with van der Waals surface area (Å²) >= 11 is 13.9. The van der Waals surface area contributed by atoms with Crippen molar-refractivity contribution in [2.24, 2.45) is 0 Å². The predicted molar refractivity (Wildman–Crippen MR) is 99.6 cm³/mol. The van der Waals surface area contributed by atoms with Crippen molar-refractivity contribution in [1.29, 1.82) is 0 Å². The molecule has 3 rings (SSSR count). The summed E-state index contributed by atoms with van der Waals surface area (Å²) < 4.78 is 11.4. The normalized spacial score (nSPS) is 12.1. The zero-order valence-corrected chi connectivity index (χ0v) is 15.2. The van der Waals surface area contributed by atoms with E-state index >= 15 is 0 Å². The molecule has 23 heavy (non-hydrogen) atoms. The Morgan fingerprint density at radius 2 is 1.74 bits per heavy atom. The molecular weight excluding hydrogens is 371 g/mol. The minimum Gasteiger partial charge on any atom is -0.332 e. The molecule has 0 aliphatic heterocycles.